The van der Waals surface area contributed by atoms with Crippen LogP contribution in [0.1, 0.15) is 25.3 Å². The minimum Gasteiger partial charge on any atom is -0.369 e. The van der Waals surface area contributed by atoms with Crippen LogP contribution in [0.4, 0.5) is 5.69 Å². The second-order valence-corrected chi connectivity index (χ2v) is 9.00. The Labute approximate surface area is 163 Å². The van der Waals surface area contributed by atoms with E-state index in [0.717, 1.165) is 31.9 Å². The van der Waals surface area contributed by atoms with Crippen LogP contribution in [-0.4, -0.2) is 70.8 Å². The van der Waals surface area contributed by atoms with Crippen molar-refractivity contribution in [2.45, 2.75) is 32.7 Å². The van der Waals surface area contributed by atoms with Crippen molar-refractivity contribution in [2.24, 2.45) is 4.99 Å². The molecule has 1 heterocycles. The lowest BCUT2D eigenvalue weighted by Gasteiger charge is -2.21. The molecule has 0 radical (unpaired) electrons. The molecular weight excluding hydrogens is 362 g/mol. The number of hydrogen-bond donors (Lipinski definition) is 2. The molecule has 1 aliphatic rings. The Hall–Kier alpha value is -1.80. The summed E-state index contributed by atoms with van der Waals surface area (Å²) in [6, 6.07) is 8.98. The van der Waals surface area contributed by atoms with Crippen LogP contribution >= 0.6 is 0 Å². The number of aliphatic imine (C=N–C) groups is 1. The lowest BCUT2D eigenvalue weighted by atomic mass is 10.2. The van der Waals surface area contributed by atoms with Crippen LogP contribution in [0.2, 0.25) is 0 Å². The highest BCUT2D eigenvalue weighted by Crippen LogP contribution is 2.20. The average Bonchev–Trinajstić information content (AvgIpc) is 3.08. The number of nitrogens with one attached hydrogen (secondary N) is 2. The Balaban J connectivity index is 1.75. The second kappa shape index (κ2) is 9.94. The maximum Gasteiger partial charge on any atom is 0.211 e. The summed E-state index contributed by atoms with van der Waals surface area (Å²) in [6.45, 7) is 7.63. The van der Waals surface area contributed by atoms with Gasteiger partial charge in [0, 0.05) is 51.5 Å². The molecule has 7 nitrogen and oxygen atoms in total. The molecule has 0 aliphatic carbocycles. The average molecular weight is 396 g/mol. The molecule has 0 amide bonds. The van der Waals surface area contributed by atoms with E-state index in [4.69, 9.17) is 0 Å². The molecule has 8 heteroatoms. The smallest absolute Gasteiger partial charge is 0.211 e. The molecule has 1 fully saturated rings. The first-order chi connectivity index (χ1) is 12.8. The summed E-state index contributed by atoms with van der Waals surface area (Å²) < 4.78 is 24.7. The van der Waals surface area contributed by atoms with Gasteiger partial charge in [-0.3, -0.25) is 4.99 Å². The highest BCUT2D eigenvalue weighted by atomic mass is 32.2. The van der Waals surface area contributed by atoms with Gasteiger partial charge < -0.3 is 15.5 Å². The monoisotopic (exact) mass is 395 g/mol. The van der Waals surface area contributed by atoms with Crippen LogP contribution in [0.5, 0.6) is 0 Å². The summed E-state index contributed by atoms with van der Waals surface area (Å²) in [5, 5.41) is 6.76. The van der Waals surface area contributed by atoms with Crippen molar-refractivity contribution in [3.63, 3.8) is 0 Å². The largest absolute Gasteiger partial charge is 0.369 e. The fourth-order valence-electron chi connectivity index (χ4n) is 3.28. The summed E-state index contributed by atoms with van der Waals surface area (Å²) in [5.41, 5.74) is 2.53. The van der Waals surface area contributed by atoms with Gasteiger partial charge in [0.15, 0.2) is 5.96 Å². The predicted molar refractivity (Wildman–Crippen MR) is 113 cm³/mol. The Morgan fingerprint density at radius 3 is 2.63 bits per heavy atom. The molecule has 0 saturated carbocycles. The van der Waals surface area contributed by atoms with E-state index in [1.54, 1.807) is 7.05 Å². The SMILES string of the molecule is CCN(CCCNC(=NC)NC1CCN(c2ccc(C)cc2)C1)S(C)(=O)=O. The van der Waals surface area contributed by atoms with E-state index in [0.29, 0.717) is 25.7 Å². The molecule has 1 aliphatic heterocycles. The molecular formula is C19H33N5O2S. The standard InChI is InChI=1S/C19H33N5O2S/c1-5-24(27(4,25)26)13-6-12-21-19(20-3)22-17-11-14-23(15-17)18-9-7-16(2)8-10-18/h7-10,17H,5-6,11-15H2,1-4H3,(H2,20,21,22). The van der Waals surface area contributed by atoms with Crippen LogP contribution in [0, 0.1) is 6.92 Å². The van der Waals surface area contributed by atoms with Crippen LogP contribution in [0.15, 0.2) is 29.3 Å². The summed E-state index contributed by atoms with van der Waals surface area (Å²) in [4.78, 5) is 6.68. The van der Waals surface area contributed by atoms with E-state index in [-0.39, 0.29) is 0 Å². The zero-order valence-electron chi connectivity index (χ0n) is 16.9. The number of rotatable bonds is 8. The number of hydrogen-bond acceptors (Lipinski definition) is 4. The van der Waals surface area contributed by atoms with E-state index in [2.05, 4.69) is 51.7 Å². The Bertz CT molecular complexity index is 718. The van der Waals surface area contributed by atoms with Crippen LogP contribution < -0.4 is 15.5 Å². The molecule has 1 saturated heterocycles. The summed E-state index contributed by atoms with van der Waals surface area (Å²) >= 11 is 0. The van der Waals surface area contributed by atoms with E-state index < -0.39 is 10.0 Å². The molecule has 27 heavy (non-hydrogen) atoms. The topological polar surface area (TPSA) is 77.0 Å². The van der Waals surface area contributed by atoms with Crippen molar-refractivity contribution in [1.82, 2.24) is 14.9 Å². The van der Waals surface area contributed by atoms with E-state index in [1.165, 1.54) is 21.8 Å². The maximum absolute atomic E-state index is 11.6. The summed E-state index contributed by atoms with van der Waals surface area (Å²) in [7, 11) is -1.36. The lowest BCUT2D eigenvalue weighted by Crippen LogP contribution is -2.45. The van der Waals surface area contributed by atoms with Crippen molar-refractivity contribution < 1.29 is 8.42 Å². The van der Waals surface area contributed by atoms with Crippen molar-refractivity contribution in [3.05, 3.63) is 29.8 Å². The van der Waals surface area contributed by atoms with Gasteiger partial charge in [0.25, 0.3) is 0 Å². The zero-order chi connectivity index (χ0) is 19.9. The number of aryl methyl sites for hydroxylation is 1. The van der Waals surface area contributed by atoms with E-state index >= 15 is 0 Å². The summed E-state index contributed by atoms with van der Waals surface area (Å²) in [5.74, 6) is 0.771. The van der Waals surface area contributed by atoms with Gasteiger partial charge in [0.05, 0.1) is 6.26 Å². The van der Waals surface area contributed by atoms with Gasteiger partial charge in [-0.2, -0.15) is 0 Å². The minimum atomic E-state index is -3.12. The molecule has 2 rings (SSSR count). The lowest BCUT2D eigenvalue weighted by molar-refractivity contribution is 0.424. The fourth-order valence-corrected chi connectivity index (χ4v) is 4.21. The number of guanidine groups is 1. The Morgan fingerprint density at radius 1 is 1.33 bits per heavy atom. The van der Waals surface area contributed by atoms with Crippen LogP contribution in [0.3, 0.4) is 0 Å². The van der Waals surface area contributed by atoms with E-state index in [1.807, 2.05) is 6.92 Å². The van der Waals surface area contributed by atoms with E-state index in [9.17, 15) is 8.42 Å². The first-order valence-corrected chi connectivity index (χ1v) is 11.4. The predicted octanol–water partition coefficient (Wildman–Crippen LogP) is 1.41. The molecule has 1 aromatic rings. The fraction of sp³-hybridized carbons (Fsp3) is 0.632. The second-order valence-electron chi connectivity index (χ2n) is 7.02. The quantitative estimate of drug-likeness (QED) is 0.395. The normalized spacial score (nSPS) is 18.2. The first kappa shape index (κ1) is 21.5. The number of anilines is 1. The molecule has 0 aromatic heterocycles. The molecule has 152 valence electrons. The number of sulfonamides is 1. The van der Waals surface area contributed by atoms with Gasteiger partial charge in [-0.15, -0.1) is 0 Å². The highest BCUT2D eigenvalue weighted by molar-refractivity contribution is 7.88. The molecule has 0 bridgehead atoms. The Kier molecular flexibility index (Phi) is 7.91. The molecule has 2 N–H and O–H groups in total. The van der Waals surface area contributed by atoms with Crippen molar-refractivity contribution in [1.29, 1.82) is 0 Å². The van der Waals surface area contributed by atoms with Gasteiger partial charge in [0.2, 0.25) is 10.0 Å². The van der Waals surface area contributed by atoms with Crippen molar-refractivity contribution in [2.75, 3.05) is 50.9 Å². The molecule has 0 spiro atoms. The Morgan fingerprint density at radius 2 is 2.04 bits per heavy atom. The first-order valence-electron chi connectivity index (χ1n) is 9.57. The summed E-state index contributed by atoms with van der Waals surface area (Å²) in [6.07, 6.45) is 3.05. The third-order valence-corrected chi connectivity index (χ3v) is 6.23. The highest BCUT2D eigenvalue weighted by Gasteiger charge is 2.23. The van der Waals surface area contributed by atoms with Gasteiger partial charge in [-0.25, -0.2) is 12.7 Å². The molecule has 1 atom stereocenters. The van der Waals surface area contributed by atoms with Gasteiger partial charge >= 0.3 is 0 Å². The minimum absolute atomic E-state index is 0.348. The third kappa shape index (κ3) is 6.70. The van der Waals surface area contributed by atoms with Crippen LogP contribution in [-0.2, 0) is 10.0 Å². The van der Waals surface area contributed by atoms with Gasteiger partial charge in [0.1, 0.15) is 0 Å². The van der Waals surface area contributed by atoms with Gasteiger partial charge in [-0.1, -0.05) is 24.6 Å². The third-order valence-electron chi connectivity index (χ3n) is 4.85. The van der Waals surface area contributed by atoms with Crippen molar-refractivity contribution >= 4 is 21.7 Å². The number of benzene rings is 1. The van der Waals surface area contributed by atoms with Gasteiger partial charge in [-0.05, 0) is 31.9 Å². The zero-order valence-corrected chi connectivity index (χ0v) is 17.7. The van der Waals surface area contributed by atoms with Crippen molar-refractivity contribution in [3.8, 4) is 0 Å². The maximum atomic E-state index is 11.6. The van der Waals surface area contributed by atoms with Crippen LogP contribution in [0.25, 0.3) is 0 Å². The molecule has 1 unspecified atom stereocenters. The number of nitrogens with zero attached hydrogens (tertiary/aromatic N) is 3. The molecule has 1 aromatic carbocycles.